The number of ether oxygens (including phenoxy) is 7. The van der Waals surface area contributed by atoms with E-state index in [0.717, 1.165) is 0 Å². The van der Waals surface area contributed by atoms with Gasteiger partial charge in [0.2, 0.25) is 0 Å². The van der Waals surface area contributed by atoms with Crippen LogP contribution in [0.1, 0.15) is 20.8 Å². The normalized spacial score (nSPS) is 51.8. The first kappa shape index (κ1) is 38.7. The first-order valence-electron chi connectivity index (χ1n) is 14.3. The number of carbonyl (C=O) groups is 1. The Morgan fingerprint density at radius 2 is 1.09 bits per heavy atom. The maximum atomic E-state index is 12.2. The summed E-state index contributed by atoms with van der Waals surface area (Å²) in [5.74, 6) is -1.76. The molecule has 4 fully saturated rings. The first-order chi connectivity index (χ1) is 22.0. The van der Waals surface area contributed by atoms with Crippen LogP contribution in [0.5, 0.6) is 0 Å². The molecule has 4 saturated heterocycles. The fourth-order valence-corrected chi connectivity index (χ4v) is 6.57. The van der Waals surface area contributed by atoms with Crippen LogP contribution in [-0.2, 0) is 58.4 Å². The highest BCUT2D eigenvalue weighted by Gasteiger charge is 2.56. The molecule has 4 rings (SSSR count). The number of carboxylic acid groups (broad SMARTS) is 1. The van der Waals surface area contributed by atoms with Crippen molar-refractivity contribution >= 4 is 17.0 Å². The lowest BCUT2D eigenvalue weighted by Crippen LogP contribution is -2.68. The number of rotatable bonds is 10. The zero-order valence-corrected chi connectivity index (χ0v) is 25.7. The molecule has 0 amide bonds. The van der Waals surface area contributed by atoms with E-state index in [-0.39, 0.29) is 0 Å². The van der Waals surface area contributed by atoms with Crippen molar-refractivity contribution in [3.63, 3.8) is 0 Å². The van der Waals surface area contributed by atoms with Crippen LogP contribution in [0.25, 0.3) is 0 Å². The summed E-state index contributed by atoms with van der Waals surface area (Å²) in [6.07, 6.45) is -34.4. The molecule has 0 aromatic rings. The summed E-state index contributed by atoms with van der Waals surface area (Å²) < 4.78 is 55.3. The van der Waals surface area contributed by atoms with Crippen LogP contribution in [0.3, 0.4) is 0 Å². The van der Waals surface area contributed by atoms with E-state index in [1.807, 2.05) is 0 Å². The minimum Gasteiger partial charge on any atom is -0.479 e. The van der Waals surface area contributed by atoms with E-state index in [0.29, 0.717) is 0 Å². The molecule has 11 N–H and O–H groups in total. The van der Waals surface area contributed by atoms with E-state index in [2.05, 4.69) is 9.37 Å². The second-order valence-corrected chi connectivity index (χ2v) is 12.7. The van der Waals surface area contributed by atoms with Crippen molar-refractivity contribution in [2.45, 2.75) is 143 Å². The van der Waals surface area contributed by atoms with Gasteiger partial charge in [-0.2, -0.15) is 0 Å². The molecule has 22 nitrogen and oxygen atoms in total. The van der Waals surface area contributed by atoms with Crippen molar-refractivity contribution in [1.29, 1.82) is 0 Å². The average molecular weight is 713 g/mol. The summed E-state index contributed by atoms with van der Waals surface area (Å²) in [6, 6.07) is 0. The molecule has 0 saturated carbocycles. The third-order valence-electron chi connectivity index (χ3n) is 8.34. The van der Waals surface area contributed by atoms with Crippen LogP contribution in [-0.4, -0.2) is 188 Å². The van der Waals surface area contributed by atoms with Crippen molar-refractivity contribution < 1.29 is 108 Å². The molecule has 0 radical (unpaired) electrons. The predicted molar refractivity (Wildman–Crippen MR) is 141 cm³/mol. The molecule has 0 bridgehead atoms. The van der Waals surface area contributed by atoms with Crippen LogP contribution in [0.15, 0.2) is 0 Å². The molecule has 21 atom stereocenters. The van der Waals surface area contributed by atoms with Gasteiger partial charge in [0.05, 0.1) is 18.3 Å². The predicted octanol–water partition coefficient (Wildman–Crippen LogP) is -6.48. The van der Waals surface area contributed by atoms with Gasteiger partial charge in [0.1, 0.15) is 72.4 Å². The highest BCUT2D eigenvalue weighted by atomic mass is 32.2. The lowest BCUT2D eigenvalue weighted by atomic mass is 9.96. The van der Waals surface area contributed by atoms with Crippen LogP contribution in [0.4, 0.5) is 0 Å². The summed E-state index contributed by atoms with van der Waals surface area (Å²) in [7, 11) is 0. The van der Waals surface area contributed by atoms with Crippen molar-refractivity contribution in [1.82, 2.24) is 0 Å². The Bertz CT molecular complexity index is 1060. The van der Waals surface area contributed by atoms with Crippen molar-refractivity contribution in [2.75, 3.05) is 0 Å². The number of carboxylic acids is 1. The van der Waals surface area contributed by atoms with Gasteiger partial charge in [-0.15, -0.1) is 4.33 Å². The van der Waals surface area contributed by atoms with Gasteiger partial charge in [-0.3, -0.25) is 0 Å². The summed E-state index contributed by atoms with van der Waals surface area (Å²) in [5, 5.41) is 115. The third kappa shape index (κ3) is 7.94. The van der Waals surface area contributed by atoms with Gasteiger partial charge in [-0.05, 0) is 20.8 Å². The Morgan fingerprint density at radius 3 is 1.70 bits per heavy atom. The quantitative estimate of drug-likeness (QED) is 0.0741. The van der Waals surface area contributed by atoms with Gasteiger partial charge in [-0.25, -0.2) is 14.3 Å². The Balaban J connectivity index is 1.67. The number of aliphatic carboxylic acids is 1. The highest BCUT2D eigenvalue weighted by Crippen LogP contribution is 2.36. The number of aliphatic hydroxyl groups is 9. The summed E-state index contributed by atoms with van der Waals surface area (Å²) in [4.78, 5) is 11.7. The standard InChI is InChI=1S/C24H40O22S/c1-4-7(25)15(14(32)21(35)38-4)41-24-18(44-23-12(30)9(27)10(28)17(43-23)20(33)34)16(8(26)5(2)39-24)42-22-13(31)11(29)19(6(3)40-22)47(37)46-45-36/h4-19,21-32,35-36H,1-3H3,(H,33,34)/t4?,5?,6?,7-,8-,9-,10+,11+,12?,13?,14?,15-,16-,17?,18?,19-,21?,22-,23-,24-,47?/m0/s1. The maximum Gasteiger partial charge on any atom is 0.335 e. The topological polar surface area (TPSA) is 340 Å². The number of aliphatic hydroxyl groups excluding tert-OH is 9. The summed E-state index contributed by atoms with van der Waals surface area (Å²) in [5.41, 5.74) is 0. The number of hydrogen-bond acceptors (Lipinski definition) is 21. The van der Waals surface area contributed by atoms with E-state index in [4.69, 9.17) is 38.4 Å². The molecular weight excluding hydrogens is 672 g/mol. The molecule has 23 heteroatoms. The Kier molecular flexibility index (Phi) is 13.0. The van der Waals surface area contributed by atoms with Crippen molar-refractivity contribution in [3.8, 4) is 0 Å². The second kappa shape index (κ2) is 15.8. The number of hydrogen-bond donors (Lipinski definition) is 11. The van der Waals surface area contributed by atoms with Crippen LogP contribution >= 0.6 is 0 Å². The molecule has 274 valence electrons. The zero-order valence-electron chi connectivity index (χ0n) is 24.9. The summed E-state index contributed by atoms with van der Waals surface area (Å²) in [6.45, 7) is 3.94. The van der Waals surface area contributed by atoms with E-state index in [1.54, 1.807) is 0 Å². The van der Waals surface area contributed by atoms with E-state index >= 15 is 0 Å². The smallest absolute Gasteiger partial charge is 0.335 e. The van der Waals surface area contributed by atoms with Gasteiger partial charge in [-0.1, -0.05) is 5.04 Å². The minimum atomic E-state index is -2.57. The Hall–Kier alpha value is -1.14. The van der Waals surface area contributed by atoms with Gasteiger partial charge < -0.3 is 84.2 Å². The van der Waals surface area contributed by atoms with E-state index in [1.165, 1.54) is 20.8 Å². The molecule has 0 aromatic carbocycles. The van der Waals surface area contributed by atoms with E-state index in [9.17, 15) is 60.1 Å². The molecule has 10 unspecified atom stereocenters. The average Bonchev–Trinajstić information content (AvgIpc) is 3.00. The fraction of sp³-hybridized carbons (Fsp3) is 0.958. The molecular formula is C24H40O22S. The van der Waals surface area contributed by atoms with Gasteiger partial charge in [0, 0.05) is 0 Å². The molecule has 4 aliphatic rings. The molecule has 4 aliphatic heterocycles. The molecule has 0 aliphatic carbocycles. The third-order valence-corrected chi connectivity index (χ3v) is 9.64. The lowest BCUT2D eigenvalue weighted by molar-refractivity contribution is -0.435. The summed E-state index contributed by atoms with van der Waals surface area (Å²) >= 11 is -2.57. The molecule has 0 spiro atoms. The van der Waals surface area contributed by atoms with Gasteiger partial charge in [0.15, 0.2) is 42.3 Å². The van der Waals surface area contributed by atoms with Crippen LogP contribution in [0, 0.1) is 0 Å². The van der Waals surface area contributed by atoms with Crippen molar-refractivity contribution in [3.05, 3.63) is 0 Å². The largest absolute Gasteiger partial charge is 0.479 e. The molecule has 47 heavy (non-hydrogen) atoms. The molecule has 0 aromatic heterocycles. The monoisotopic (exact) mass is 712 g/mol. The fourth-order valence-electron chi connectivity index (χ4n) is 5.66. The van der Waals surface area contributed by atoms with Crippen molar-refractivity contribution in [2.24, 2.45) is 0 Å². The van der Waals surface area contributed by atoms with E-state index < -0.39 is 139 Å². The molecule has 4 heterocycles. The van der Waals surface area contributed by atoms with Crippen LogP contribution < -0.4 is 0 Å². The minimum absolute atomic E-state index is 1.10. The first-order valence-corrected chi connectivity index (χ1v) is 15.5. The van der Waals surface area contributed by atoms with Gasteiger partial charge >= 0.3 is 5.97 Å². The Morgan fingerprint density at radius 1 is 0.574 bits per heavy atom. The second-order valence-electron chi connectivity index (χ2n) is 11.5. The highest BCUT2D eigenvalue weighted by molar-refractivity contribution is 7.80. The van der Waals surface area contributed by atoms with Gasteiger partial charge in [0.25, 0.3) is 0 Å². The zero-order chi connectivity index (χ0) is 35.1. The van der Waals surface area contributed by atoms with Crippen LogP contribution in [0.2, 0.25) is 0 Å². The SMILES string of the molecule is CC1OC(O)C(O)[C@@H](O[C@@H]2OC(C)[C@H](O)[C@H](O[C@@H]3OC(C)[C@H](S(=O)OOO)[C@H](O)C3O)C2O[C@@H]2OC(C(=O)O)[C@H](O)[C@H](O)C2O)[C@H]1O. The lowest BCUT2D eigenvalue weighted by Gasteiger charge is -2.50. The Labute approximate surface area is 267 Å². The maximum absolute atomic E-state index is 12.2.